The number of unbranched alkanes of at least 4 members (excludes halogenated alkanes) is 4. The molecule has 1 aromatic heterocycles. The van der Waals surface area contributed by atoms with E-state index in [1.807, 2.05) is 0 Å². The predicted octanol–water partition coefficient (Wildman–Crippen LogP) is 8.42. The number of hydrogen-bond donors (Lipinski definition) is 0. The minimum atomic E-state index is 0.0374. The van der Waals surface area contributed by atoms with E-state index in [9.17, 15) is 0 Å². The van der Waals surface area contributed by atoms with Crippen molar-refractivity contribution < 1.29 is 4.57 Å². The SMILES string of the molecule is C=C1C2(CCC)CC1(CC)[n+]1cc3ccc(CCCCCCC)cc3cc1-c1ccccc12. The molecule has 1 aliphatic carbocycles. The van der Waals surface area contributed by atoms with Crippen molar-refractivity contribution in [2.45, 2.75) is 95.9 Å². The van der Waals surface area contributed by atoms with E-state index in [0.29, 0.717) is 0 Å². The second kappa shape index (κ2) is 8.75. The fourth-order valence-corrected chi connectivity index (χ4v) is 6.92. The van der Waals surface area contributed by atoms with Crippen LogP contribution in [0.5, 0.6) is 0 Å². The van der Waals surface area contributed by atoms with Gasteiger partial charge in [-0.15, -0.1) is 0 Å². The first-order chi connectivity index (χ1) is 16.1. The van der Waals surface area contributed by atoms with Gasteiger partial charge in [-0.3, -0.25) is 0 Å². The van der Waals surface area contributed by atoms with E-state index in [1.54, 1.807) is 0 Å². The van der Waals surface area contributed by atoms with E-state index in [0.717, 1.165) is 6.42 Å². The van der Waals surface area contributed by atoms with Gasteiger partial charge in [0, 0.05) is 35.3 Å². The first kappa shape index (κ1) is 22.4. The molecule has 6 rings (SSSR count). The molecule has 2 atom stereocenters. The average molecular weight is 439 g/mol. The van der Waals surface area contributed by atoms with Crippen molar-refractivity contribution >= 4 is 10.8 Å². The van der Waals surface area contributed by atoms with Gasteiger partial charge in [0.1, 0.15) is 0 Å². The van der Waals surface area contributed by atoms with Crippen molar-refractivity contribution in [3.63, 3.8) is 0 Å². The molecule has 2 unspecified atom stereocenters. The van der Waals surface area contributed by atoms with Crippen molar-refractivity contribution in [3.05, 3.63) is 78.0 Å². The predicted molar refractivity (Wildman–Crippen MR) is 141 cm³/mol. The highest BCUT2D eigenvalue weighted by Crippen LogP contribution is 2.63. The second-order valence-electron chi connectivity index (χ2n) is 10.6. The maximum absolute atomic E-state index is 4.76. The van der Waals surface area contributed by atoms with Crippen LogP contribution in [0.25, 0.3) is 22.0 Å². The summed E-state index contributed by atoms with van der Waals surface area (Å²) < 4.78 is 2.60. The highest BCUT2D eigenvalue weighted by molar-refractivity contribution is 5.85. The number of aromatic nitrogens is 1. The number of pyridine rings is 1. The van der Waals surface area contributed by atoms with Crippen LogP contribution in [0.1, 0.15) is 89.7 Å². The van der Waals surface area contributed by atoms with Gasteiger partial charge in [-0.2, -0.15) is 4.57 Å². The van der Waals surface area contributed by atoms with Crippen molar-refractivity contribution in [3.8, 4) is 11.3 Å². The van der Waals surface area contributed by atoms with Crippen LogP contribution in [-0.2, 0) is 17.4 Å². The zero-order chi connectivity index (χ0) is 23.1. The summed E-state index contributed by atoms with van der Waals surface area (Å²) in [5, 5.41) is 2.73. The molecule has 33 heavy (non-hydrogen) atoms. The Morgan fingerprint density at radius 3 is 2.45 bits per heavy atom. The molecule has 0 N–H and O–H groups in total. The number of hydrogen-bond acceptors (Lipinski definition) is 0. The molecule has 0 radical (unpaired) electrons. The molecule has 2 aromatic carbocycles. The quantitative estimate of drug-likeness (QED) is 0.179. The molecule has 3 aromatic rings. The number of rotatable bonds is 9. The average Bonchev–Trinajstić information content (AvgIpc) is 2.99. The highest BCUT2D eigenvalue weighted by Gasteiger charge is 2.66. The van der Waals surface area contributed by atoms with Gasteiger partial charge >= 0.3 is 0 Å². The summed E-state index contributed by atoms with van der Waals surface area (Å²) in [5.41, 5.74) is 7.35. The number of nitrogens with zero attached hydrogens (tertiary/aromatic N) is 1. The van der Waals surface area contributed by atoms with Crippen molar-refractivity contribution in [1.82, 2.24) is 0 Å². The molecule has 172 valence electrons. The Hall–Kier alpha value is -2.41. The van der Waals surface area contributed by atoms with Crippen LogP contribution in [0, 0.1) is 0 Å². The van der Waals surface area contributed by atoms with Crippen LogP contribution in [0.15, 0.2) is 66.9 Å². The fourth-order valence-electron chi connectivity index (χ4n) is 6.92. The van der Waals surface area contributed by atoms with Crippen molar-refractivity contribution in [2.75, 3.05) is 0 Å². The zero-order valence-electron chi connectivity index (χ0n) is 20.9. The van der Waals surface area contributed by atoms with Gasteiger partial charge in [0.2, 0.25) is 5.69 Å². The molecule has 0 spiro atoms. The van der Waals surface area contributed by atoms with Gasteiger partial charge < -0.3 is 0 Å². The Bertz CT molecular complexity index is 1190. The number of fused-ring (bicyclic) bond motifs is 1. The largest absolute Gasteiger partial charge is 0.214 e. The molecule has 1 nitrogen and oxygen atoms in total. The Balaban J connectivity index is 1.61. The Morgan fingerprint density at radius 2 is 1.70 bits per heavy atom. The number of benzene rings is 2. The lowest BCUT2D eigenvalue weighted by atomic mass is 9.49. The minimum absolute atomic E-state index is 0.0374. The van der Waals surface area contributed by atoms with Crippen LogP contribution in [0.2, 0.25) is 0 Å². The zero-order valence-corrected chi connectivity index (χ0v) is 20.9. The molecule has 2 aliphatic heterocycles. The molecule has 3 aliphatic rings. The van der Waals surface area contributed by atoms with Crippen molar-refractivity contribution in [1.29, 1.82) is 0 Å². The molecular formula is C32H40N+. The Labute approximate surface area is 200 Å². The lowest BCUT2D eigenvalue weighted by Gasteiger charge is -2.53. The van der Waals surface area contributed by atoms with E-state index in [4.69, 9.17) is 6.58 Å². The van der Waals surface area contributed by atoms with Gasteiger partial charge in [0.25, 0.3) is 0 Å². The van der Waals surface area contributed by atoms with Gasteiger partial charge in [0.15, 0.2) is 11.7 Å². The molecule has 3 heterocycles. The van der Waals surface area contributed by atoms with Gasteiger partial charge in [-0.1, -0.05) is 89.8 Å². The highest BCUT2D eigenvalue weighted by atomic mass is 15.1. The summed E-state index contributed by atoms with van der Waals surface area (Å²) in [6.45, 7) is 11.7. The molecule has 0 saturated heterocycles. The normalized spacial score (nSPS) is 23.1. The third-order valence-corrected chi connectivity index (χ3v) is 8.72. The molecular weight excluding hydrogens is 398 g/mol. The van der Waals surface area contributed by atoms with Gasteiger partial charge in [-0.05, 0) is 47.9 Å². The summed E-state index contributed by atoms with van der Waals surface area (Å²) in [6.07, 6.45) is 15.0. The van der Waals surface area contributed by atoms with E-state index in [2.05, 4.69) is 80.1 Å². The van der Waals surface area contributed by atoms with Gasteiger partial charge in [0.05, 0.1) is 5.56 Å². The molecule has 1 heteroatoms. The summed E-state index contributed by atoms with van der Waals surface area (Å²) in [6, 6.07) is 18.8. The van der Waals surface area contributed by atoms with E-state index in [-0.39, 0.29) is 11.0 Å². The maximum Gasteiger partial charge on any atom is 0.214 e. The van der Waals surface area contributed by atoms with Crippen molar-refractivity contribution in [2.24, 2.45) is 0 Å². The Morgan fingerprint density at radius 1 is 0.879 bits per heavy atom. The smallest absolute Gasteiger partial charge is 0.188 e. The maximum atomic E-state index is 4.76. The molecule has 1 saturated carbocycles. The third-order valence-electron chi connectivity index (χ3n) is 8.72. The third kappa shape index (κ3) is 3.38. The topological polar surface area (TPSA) is 3.88 Å². The van der Waals surface area contributed by atoms with Crippen LogP contribution in [-0.4, -0.2) is 0 Å². The fraction of sp³-hybridized carbons (Fsp3) is 0.469. The summed E-state index contributed by atoms with van der Waals surface area (Å²) in [5.74, 6) is 0. The first-order valence-electron chi connectivity index (χ1n) is 13.4. The van der Waals surface area contributed by atoms with Crippen LogP contribution in [0.4, 0.5) is 0 Å². The van der Waals surface area contributed by atoms with Gasteiger partial charge in [-0.25, -0.2) is 0 Å². The number of aryl methyl sites for hydroxylation is 1. The Kier molecular flexibility index (Phi) is 5.93. The van der Waals surface area contributed by atoms with E-state index >= 15 is 0 Å². The minimum Gasteiger partial charge on any atom is -0.188 e. The molecule has 2 bridgehead atoms. The summed E-state index contributed by atoms with van der Waals surface area (Å²) in [4.78, 5) is 0. The standard InChI is InChI=1S/C32H40N/c1-5-8-9-10-11-14-25-17-18-26-22-33-30(21-27(26)20-25)28-15-12-13-16-29(28)31(19-6-2)23-32(33,7-3)24(31)4/h12-13,15-18,20-22H,4-11,14,19,23H2,1-3H3/q+1. The first-order valence-corrected chi connectivity index (χ1v) is 13.4. The van der Waals surface area contributed by atoms with E-state index < -0.39 is 0 Å². The number of allylic oxidation sites excluding steroid dienone is 1. The lowest BCUT2D eigenvalue weighted by molar-refractivity contribution is -0.755. The summed E-state index contributed by atoms with van der Waals surface area (Å²) >= 11 is 0. The van der Waals surface area contributed by atoms with Crippen LogP contribution >= 0.6 is 0 Å². The monoisotopic (exact) mass is 438 g/mol. The van der Waals surface area contributed by atoms with E-state index in [1.165, 1.54) is 96.5 Å². The molecule has 1 fully saturated rings. The summed E-state index contributed by atoms with van der Waals surface area (Å²) in [7, 11) is 0. The van der Waals surface area contributed by atoms with Crippen LogP contribution in [0.3, 0.4) is 0 Å². The lowest BCUT2D eigenvalue weighted by Crippen LogP contribution is -2.68. The molecule has 0 amide bonds. The second-order valence-corrected chi connectivity index (χ2v) is 10.6. The van der Waals surface area contributed by atoms with Crippen LogP contribution < -0.4 is 4.57 Å².